The largest absolute Gasteiger partial charge is 0.465 e. The second-order valence-electron chi connectivity index (χ2n) is 5.21. The van der Waals surface area contributed by atoms with Crippen LogP contribution in [0.3, 0.4) is 0 Å². The average Bonchev–Trinajstić information content (AvgIpc) is 3.16. The number of carbonyl (C=O) groups is 1. The first-order valence-electron chi connectivity index (χ1n) is 7.49. The van der Waals surface area contributed by atoms with E-state index >= 15 is 0 Å². The second-order valence-corrected chi connectivity index (χ2v) is 6.97. The van der Waals surface area contributed by atoms with Gasteiger partial charge in [0.15, 0.2) is 0 Å². The number of hydrogen-bond donors (Lipinski definition) is 1. The first-order valence-corrected chi connectivity index (χ1v) is 8.97. The van der Waals surface area contributed by atoms with Gasteiger partial charge in [0.1, 0.15) is 0 Å². The maximum absolute atomic E-state index is 12.3. The molecule has 2 heterocycles. The van der Waals surface area contributed by atoms with Crippen molar-refractivity contribution in [2.75, 3.05) is 7.11 Å². The highest BCUT2D eigenvalue weighted by molar-refractivity contribution is 7.89. The summed E-state index contributed by atoms with van der Waals surface area (Å²) in [6, 6.07) is 9.01. The summed E-state index contributed by atoms with van der Waals surface area (Å²) in [5.41, 5.74) is 1.43. The fraction of sp³-hybridized carbons (Fsp3) is 0.125. The van der Waals surface area contributed by atoms with Gasteiger partial charge in [-0.3, -0.25) is 4.98 Å². The Morgan fingerprint density at radius 3 is 2.65 bits per heavy atom. The Morgan fingerprint density at radius 1 is 1.23 bits per heavy atom. The number of hydrogen-bond acceptors (Lipinski definition) is 7. The summed E-state index contributed by atoms with van der Waals surface area (Å²) >= 11 is 0. The molecule has 0 atom stereocenters. The van der Waals surface area contributed by atoms with Crippen molar-refractivity contribution in [2.24, 2.45) is 0 Å². The van der Waals surface area contributed by atoms with Gasteiger partial charge in [-0.25, -0.2) is 22.6 Å². The molecule has 3 aromatic rings. The molecule has 26 heavy (non-hydrogen) atoms. The molecular weight excluding hydrogens is 358 g/mol. The van der Waals surface area contributed by atoms with Crippen LogP contribution in [0.5, 0.6) is 0 Å². The second kappa shape index (κ2) is 7.42. The monoisotopic (exact) mass is 373 g/mol. The van der Waals surface area contributed by atoms with Crippen LogP contribution in [0.2, 0.25) is 0 Å². The third-order valence-electron chi connectivity index (χ3n) is 3.48. The van der Waals surface area contributed by atoms with Crippen LogP contribution in [0, 0.1) is 0 Å². The molecule has 3 rings (SSSR count). The van der Waals surface area contributed by atoms with Gasteiger partial charge < -0.3 is 4.74 Å². The van der Waals surface area contributed by atoms with Crippen molar-refractivity contribution < 1.29 is 17.9 Å². The predicted octanol–water partition coefficient (Wildman–Crippen LogP) is 0.927. The minimum atomic E-state index is -3.75. The zero-order valence-corrected chi connectivity index (χ0v) is 14.5. The molecule has 1 N–H and O–H groups in total. The van der Waals surface area contributed by atoms with Crippen molar-refractivity contribution >= 4 is 16.0 Å². The zero-order valence-electron chi connectivity index (χ0n) is 13.7. The molecule has 0 fully saturated rings. The maximum Gasteiger partial charge on any atom is 0.337 e. The topological polar surface area (TPSA) is 116 Å². The fourth-order valence-electron chi connectivity index (χ4n) is 2.14. The van der Waals surface area contributed by atoms with Crippen LogP contribution in [0.15, 0.2) is 59.9 Å². The summed E-state index contributed by atoms with van der Waals surface area (Å²) in [4.78, 5) is 15.4. The van der Waals surface area contributed by atoms with Crippen molar-refractivity contribution in [3.8, 4) is 5.69 Å². The van der Waals surface area contributed by atoms with Crippen LogP contribution in [-0.2, 0) is 21.3 Å². The van der Waals surface area contributed by atoms with E-state index in [4.69, 9.17) is 0 Å². The molecule has 1 aromatic carbocycles. The van der Waals surface area contributed by atoms with Gasteiger partial charge in [-0.2, -0.15) is 0 Å². The van der Waals surface area contributed by atoms with Crippen molar-refractivity contribution in [2.45, 2.75) is 11.4 Å². The Balaban J connectivity index is 1.69. The number of nitrogens with zero attached hydrogens (tertiary/aromatic N) is 4. The SMILES string of the molecule is COC(=O)c1ccc(S(=O)(=O)NCc2cn(-c3cccnc3)nn2)cc1. The van der Waals surface area contributed by atoms with Crippen molar-refractivity contribution in [3.63, 3.8) is 0 Å². The van der Waals surface area contributed by atoms with Crippen LogP contribution in [-0.4, -0.2) is 41.5 Å². The Hall–Kier alpha value is -3.11. The number of sulfonamides is 1. The molecule has 0 unspecified atom stereocenters. The molecule has 0 radical (unpaired) electrons. The van der Waals surface area contributed by atoms with E-state index in [0.29, 0.717) is 11.4 Å². The molecule has 9 nitrogen and oxygen atoms in total. The lowest BCUT2D eigenvalue weighted by Gasteiger charge is -2.06. The van der Waals surface area contributed by atoms with Gasteiger partial charge in [-0.15, -0.1) is 5.10 Å². The summed E-state index contributed by atoms with van der Waals surface area (Å²) in [5, 5.41) is 7.88. The summed E-state index contributed by atoms with van der Waals surface area (Å²) in [5.74, 6) is -0.533. The number of benzene rings is 1. The summed E-state index contributed by atoms with van der Waals surface area (Å²) in [7, 11) is -2.50. The lowest BCUT2D eigenvalue weighted by atomic mass is 10.2. The smallest absolute Gasteiger partial charge is 0.337 e. The highest BCUT2D eigenvalue weighted by Crippen LogP contribution is 2.12. The third kappa shape index (κ3) is 3.92. The van der Waals surface area contributed by atoms with E-state index in [1.165, 1.54) is 36.1 Å². The molecule has 2 aromatic heterocycles. The van der Waals surface area contributed by atoms with Crippen LogP contribution in [0.4, 0.5) is 0 Å². The fourth-order valence-corrected chi connectivity index (χ4v) is 3.13. The van der Waals surface area contributed by atoms with Crippen molar-refractivity contribution in [1.82, 2.24) is 24.7 Å². The van der Waals surface area contributed by atoms with Gasteiger partial charge in [0.05, 0.1) is 47.9 Å². The van der Waals surface area contributed by atoms with E-state index in [1.54, 1.807) is 30.7 Å². The normalized spacial score (nSPS) is 11.3. The van der Waals surface area contributed by atoms with Crippen LogP contribution in [0.1, 0.15) is 16.1 Å². The lowest BCUT2D eigenvalue weighted by Crippen LogP contribution is -2.23. The van der Waals surface area contributed by atoms with Crippen LogP contribution >= 0.6 is 0 Å². The van der Waals surface area contributed by atoms with E-state index in [1.807, 2.05) is 0 Å². The number of carbonyl (C=O) groups excluding carboxylic acids is 1. The standard InChI is InChI=1S/C16H15N5O4S/c1-25-16(22)12-4-6-15(7-5-12)26(23,24)18-9-13-11-21(20-19-13)14-3-2-8-17-10-14/h2-8,10-11,18H,9H2,1H3. The lowest BCUT2D eigenvalue weighted by molar-refractivity contribution is 0.0600. The molecule has 0 aliphatic heterocycles. The molecule has 0 aliphatic rings. The van der Waals surface area contributed by atoms with E-state index in [9.17, 15) is 13.2 Å². The highest BCUT2D eigenvalue weighted by Gasteiger charge is 2.16. The van der Waals surface area contributed by atoms with E-state index in [-0.39, 0.29) is 17.0 Å². The van der Waals surface area contributed by atoms with Crippen LogP contribution in [0.25, 0.3) is 5.69 Å². The molecule has 0 aliphatic carbocycles. The van der Waals surface area contributed by atoms with Gasteiger partial charge in [0, 0.05) is 6.20 Å². The highest BCUT2D eigenvalue weighted by atomic mass is 32.2. The van der Waals surface area contributed by atoms with Gasteiger partial charge >= 0.3 is 5.97 Å². The van der Waals surface area contributed by atoms with E-state index < -0.39 is 16.0 Å². The molecule has 134 valence electrons. The first kappa shape index (κ1) is 17.7. The molecule has 0 saturated heterocycles. The number of ether oxygens (including phenoxy) is 1. The third-order valence-corrected chi connectivity index (χ3v) is 4.90. The predicted molar refractivity (Wildman–Crippen MR) is 91.0 cm³/mol. The number of methoxy groups -OCH3 is 1. The maximum atomic E-state index is 12.3. The number of nitrogens with one attached hydrogen (secondary N) is 1. The summed E-state index contributed by atoms with van der Waals surface area (Å²) in [6.07, 6.45) is 4.87. The number of rotatable bonds is 6. The van der Waals surface area contributed by atoms with Gasteiger partial charge in [-0.05, 0) is 36.4 Å². The Bertz CT molecular complexity index is 1000. The first-order chi connectivity index (χ1) is 12.5. The molecule has 0 amide bonds. The Labute approximate surface area is 149 Å². The molecule has 0 bridgehead atoms. The van der Waals surface area contributed by atoms with Crippen molar-refractivity contribution in [1.29, 1.82) is 0 Å². The molecule has 0 spiro atoms. The molecule has 0 saturated carbocycles. The number of esters is 1. The number of aromatic nitrogens is 4. The molecular formula is C16H15N5O4S. The van der Waals surface area contributed by atoms with Gasteiger partial charge in [0.2, 0.25) is 10.0 Å². The Kier molecular flexibility index (Phi) is 5.05. The van der Waals surface area contributed by atoms with E-state index in [2.05, 4.69) is 24.8 Å². The zero-order chi connectivity index (χ0) is 18.6. The summed E-state index contributed by atoms with van der Waals surface area (Å²) in [6.45, 7) is -0.0264. The molecule has 10 heteroatoms. The summed E-state index contributed by atoms with van der Waals surface area (Å²) < 4.78 is 33.2. The number of pyridine rings is 1. The van der Waals surface area contributed by atoms with Crippen LogP contribution < -0.4 is 4.72 Å². The Morgan fingerprint density at radius 2 is 2.00 bits per heavy atom. The average molecular weight is 373 g/mol. The minimum absolute atomic E-state index is 0.0264. The van der Waals surface area contributed by atoms with Gasteiger partial charge in [-0.1, -0.05) is 5.21 Å². The van der Waals surface area contributed by atoms with Gasteiger partial charge in [0.25, 0.3) is 0 Å². The van der Waals surface area contributed by atoms with E-state index in [0.717, 1.165) is 0 Å². The minimum Gasteiger partial charge on any atom is -0.465 e. The van der Waals surface area contributed by atoms with Crippen molar-refractivity contribution in [3.05, 3.63) is 66.2 Å². The quantitative estimate of drug-likeness (QED) is 0.639.